The molecule has 0 radical (unpaired) electrons. The number of hydrogen-bond donors (Lipinski definition) is 1. The molecule has 0 aliphatic carbocycles. The van der Waals surface area contributed by atoms with Crippen LogP contribution in [0.3, 0.4) is 0 Å². The number of nitrogens with two attached hydrogens (primary N) is 1. The molecule has 0 fully saturated rings. The Morgan fingerprint density at radius 2 is 1.58 bits per heavy atom. The maximum Gasteiger partial charge on any atom is 0.224 e. The van der Waals surface area contributed by atoms with E-state index in [0.29, 0.717) is 17.2 Å². The fraction of sp³-hybridized carbons (Fsp3) is 0.188. The molecule has 98 valence electrons. The molecule has 0 saturated heterocycles. The highest BCUT2D eigenvalue weighted by molar-refractivity contribution is 8.14. The molecule has 2 N–H and O–H groups in total. The maximum atomic E-state index is 12.1. The van der Waals surface area contributed by atoms with Gasteiger partial charge in [0.15, 0.2) is 0 Å². The predicted molar refractivity (Wildman–Crippen MR) is 81.6 cm³/mol. The van der Waals surface area contributed by atoms with E-state index < -0.39 is 0 Å². The molecule has 0 spiro atoms. The van der Waals surface area contributed by atoms with Crippen molar-refractivity contribution in [3.05, 3.63) is 59.7 Å². The van der Waals surface area contributed by atoms with Crippen LogP contribution in [-0.4, -0.2) is 5.12 Å². The van der Waals surface area contributed by atoms with E-state index in [0.717, 1.165) is 4.90 Å². The zero-order valence-electron chi connectivity index (χ0n) is 11.1. The number of rotatable bonds is 3. The van der Waals surface area contributed by atoms with E-state index in [-0.39, 0.29) is 5.12 Å². The van der Waals surface area contributed by atoms with Crippen LogP contribution in [0.1, 0.15) is 35.7 Å². The fourth-order valence-electron chi connectivity index (χ4n) is 1.71. The van der Waals surface area contributed by atoms with Crippen molar-refractivity contribution in [2.75, 3.05) is 5.73 Å². The van der Waals surface area contributed by atoms with Gasteiger partial charge >= 0.3 is 0 Å². The second-order valence-corrected chi connectivity index (χ2v) is 5.78. The van der Waals surface area contributed by atoms with Gasteiger partial charge in [-0.2, -0.15) is 0 Å². The first-order valence-electron chi connectivity index (χ1n) is 6.24. The molecular formula is C16H17NOS. The molecule has 0 bridgehead atoms. The van der Waals surface area contributed by atoms with Gasteiger partial charge in [-0.05, 0) is 59.6 Å². The maximum absolute atomic E-state index is 12.1. The summed E-state index contributed by atoms with van der Waals surface area (Å²) in [7, 11) is 0. The average Bonchev–Trinajstić information content (AvgIpc) is 2.40. The van der Waals surface area contributed by atoms with E-state index in [1.807, 2.05) is 12.1 Å². The molecule has 2 nitrogen and oxygen atoms in total. The van der Waals surface area contributed by atoms with Crippen LogP contribution in [0.15, 0.2) is 53.4 Å². The van der Waals surface area contributed by atoms with E-state index in [1.54, 1.807) is 24.3 Å². The first-order chi connectivity index (χ1) is 9.06. The number of nitrogen functional groups attached to an aromatic ring is 1. The van der Waals surface area contributed by atoms with Crippen molar-refractivity contribution in [2.24, 2.45) is 0 Å². The molecule has 3 heteroatoms. The Kier molecular flexibility index (Phi) is 4.27. The highest BCUT2D eigenvalue weighted by atomic mass is 32.2. The lowest BCUT2D eigenvalue weighted by atomic mass is 10.0. The predicted octanol–water partition coefficient (Wildman–Crippen LogP) is 4.32. The molecule has 0 unspecified atom stereocenters. The third kappa shape index (κ3) is 3.61. The zero-order valence-corrected chi connectivity index (χ0v) is 11.9. The number of carbonyl (C=O) groups is 1. The Bertz CT molecular complexity index is 558. The van der Waals surface area contributed by atoms with Crippen LogP contribution in [0.4, 0.5) is 5.69 Å². The highest BCUT2D eigenvalue weighted by Gasteiger charge is 2.08. The van der Waals surface area contributed by atoms with Crippen molar-refractivity contribution < 1.29 is 4.79 Å². The lowest BCUT2D eigenvalue weighted by Gasteiger charge is -2.06. The number of anilines is 1. The molecule has 0 aromatic heterocycles. The minimum absolute atomic E-state index is 0.0392. The molecule has 2 aromatic rings. The summed E-state index contributed by atoms with van der Waals surface area (Å²) in [5.41, 5.74) is 8.23. The van der Waals surface area contributed by atoms with Crippen molar-refractivity contribution in [3.63, 3.8) is 0 Å². The monoisotopic (exact) mass is 271 g/mol. The number of hydrogen-bond acceptors (Lipinski definition) is 3. The van der Waals surface area contributed by atoms with Gasteiger partial charge in [-0.25, -0.2) is 0 Å². The Morgan fingerprint density at radius 3 is 2.11 bits per heavy atom. The normalized spacial score (nSPS) is 10.7. The number of carbonyl (C=O) groups excluding carboxylic acids is 1. The summed E-state index contributed by atoms with van der Waals surface area (Å²) in [6.45, 7) is 4.31. The fourth-order valence-corrected chi connectivity index (χ4v) is 2.45. The van der Waals surface area contributed by atoms with Crippen LogP contribution in [0.2, 0.25) is 0 Å². The molecule has 0 aliphatic heterocycles. The van der Waals surface area contributed by atoms with Crippen molar-refractivity contribution in [3.8, 4) is 0 Å². The quantitative estimate of drug-likeness (QED) is 0.667. The summed E-state index contributed by atoms with van der Waals surface area (Å²) < 4.78 is 0. The van der Waals surface area contributed by atoms with Crippen LogP contribution < -0.4 is 5.73 Å². The molecule has 2 rings (SSSR count). The lowest BCUT2D eigenvalue weighted by Crippen LogP contribution is -1.94. The average molecular weight is 271 g/mol. The third-order valence-electron chi connectivity index (χ3n) is 2.90. The van der Waals surface area contributed by atoms with Crippen LogP contribution in [-0.2, 0) is 0 Å². The second kappa shape index (κ2) is 5.93. The van der Waals surface area contributed by atoms with Gasteiger partial charge in [0.1, 0.15) is 0 Å². The lowest BCUT2D eigenvalue weighted by molar-refractivity contribution is 0.108. The standard InChI is InChI=1S/C16H17NOS/c1-11(2)12-5-9-15(10-6-12)19-16(18)13-3-7-14(17)8-4-13/h3-11H,17H2,1-2H3. The van der Waals surface area contributed by atoms with E-state index in [9.17, 15) is 4.79 Å². The number of thioether (sulfide) groups is 1. The van der Waals surface area contributed by atoms with Crippen LogP contribution in [0, 0.1) is 0 Å². The summed E-state index contributed by atoms with van der Waals surface area (Å²) in [4.78, 5) is 13.0. The Morgan fingerprint density at radius 1 is 1.00 bits per heavy atom. The van der Waals surface area contributed by atoms with Gasteiger partial charge in [0.2, 0.25) is 5.12 Å². The molecule has 0 saturated carbocycles. The summed E-state index contributed by atoms with van der Waals surface area (Å²) in [6.07, 6.45) is 0. The molecule has 19 heavy (non-hydrogen) atoms. The first kappa shape index (κ1) is 13.7. The third-order valence-corrected chi connectivity index (χ3v) is 3.83. The van der Waals surface area contributed by atoms with Gasteiger partial charge in [0, 0.05) is 16.1 Å². The molecule has 2 aromatic carbocycles. The van der Waals surface area contributed by atoms with E-state index in [4.69, 9.17) is 5.73 Å². The number of benzene rings is 2. The van der Waals surface area contributed by atoms with E-state index >= 15 is 0 Å². The Hall–Kier alpha value is -1.74. The van der Waals surface area contributed by atoms with Gasteiger partial charge in [0.25, 0.3) is 0 Å². The highest BCUT2D eigenvalue weighted by Crippen LogP contribution is 2.25. The van der Waals surface area contributed by atoms with Gasteiger partial charge in [-0.15, -0.1) is 0 Å². The SMILES string of the molecule is CC(C)c1ccc(SC(=O)c2ccc(N)cc2)cc1. The van der Waals surface area contributed by atoms with Gasteiger partial charge < -0.3 is 5.73 Å². The minimum Gasteiger partial charge on any atom is -0.399 e. The van der Waals surface area contributed by atoms with Crippen molar-refractivity contribution in [1.29, 1.82) is 0 Å². The second-order valence-electron chi connectivity index (χ2n) is 4.74. The van der Waals surface area contributed by atoms with Gasteiger partial charge in [-0.3, -0.25) is 4.79 Å². The summed E-state index contributed by atoms with van der Waals surface area (Å²) in [5, 5.41) is 0.0392. The van der Waals surface area contributed by atoms with Gasteiger partial charge in [-0.1, -0.05) is 26.0 Å². The van der Waals surface area contributed by atoms with Crippen molar-refractivity contribution in [1.82, 2.24) is 0 Å². The van der Waals surface area contributed by atoms with Crippen LogP contribution in [0.5, 0.6) is 0 Å². The molecule has 0 amide bonds. The molecule has 0 atom stereocenters. The van der Waals surface area contributed by atoms with Crippen LogP contribution >= 0.6 is 11.8 Å². The Labute approximate surface area is 118 Å². The molecule has 0 heterocycles. The van der Waals surface area contributed by atoms with E-state index in [2.05, 4.69) is 26.0 Å². The Balaban J connectivity index is 2.08. The van der Waals surface area contributed by atoms with E-state index in [1.165, 1.54) is 17.3 Å². The summed E-state index contributed by atoms with van der Waals surface area (Å²) >= 11 is 1.24. The first-order valence-corrected chi connectivity index (χ1v) is 7.05. The topological polar surface area (TPSA) is 43.1 Å². The van der Waals surface area contributed by atoms with Gasteiger partial charge in [0.05, 0.1) is 0 Å². The molecular weight excluding hydrogens is 254 g/mol. The largest absolute Gasteiger partial charge is 0.399 e. The zero-order chi connectivity index (χ0) is 13.8. The van der Waals surface area contributed by atoms with Crippen LogP contribution in [0.25, 0.3) is 0 Å². The minimum atomic E-state index is 0.0392. The summed E-state index contributed by atoms with van der Waals surface area (Å²) in [5.74, 6) is 0.506. The smallest absolute Gasteiger partial charge is 0.224 e. The van der Waals surface area contributed by atoms with Crippen molar-refractivity contribution in [2.45, 2.75) is 24.7 Å². The summed E-state index contributed by atoms with van der Waals surface area (Å²) in [6, 6.07) is 15.1. The molecule has 0 aliphatic rings. The van der Waals surface area contributed by atoms with Crippen molar-refractivity contribution >= 4 is 22.6 Å².